The van der Waals surface area contributed by atoms with E-state index in [-0.39, 0.29) is 11.9 Å². The Labute approximate surface area is 116 Å². The number of hydrogen-bond donors (Lipinski definition) is 2. The van der Waals surface area contributed by atoms with Crippen LogP contribution in [0.4, 0.5) is 11.4 Å². The van der Waals surface area contributed by atoms with Crippen LogP contribution < -0.4 is 20.3 Å². The summed E-state index contributed by atoms with van der Waals surface area (Å²) in [6.07, 6.45) is 0. The van der Waals surface area contributed by atoms with Gasteiger partial charge in [-0.2, -0.15) is 0 Å². The molecule has 1 unspecified atom stereocenters. The molecule has 2 heterocycles. The van der Waals surface area contributed by atoms with Gasteiger partial charge in [0.15, 0.2) is 0 Å². The molecule has 0 bridgehead atoms. The molecule has 0 radical (unpaired) electrons. The summed E-state index contributed by atoms with van der Waals surface area (Å²) in [4.78, 5) is 14.2. The molecule has 0 spiro atoms. The van der Waals surface area contributed by atoms with Crippen molar-refractivity contribution in [3.05, 3.63) is 18.2 Å². The van der Waals surface area contributed by atoms with Gasteiger partial charge >= 0.3 is 0 Å². The molecule has 2 aliphatic heterocycles. The molecule has 6 heteroatoms. The highest BCUT2D eigenvalue weighted by Crippen LogP contribution is 2.33. The van der Waals surface area contributed by atoms with Crippen LogP contribution in [0.25, 0.3) is 0 Å². The fourth-order valence-corrected chi connectivity index (χ4v) is 3.16. The number of thioether (sulfide) groups is 1. The number of likely N-dealkylation sites (N-methyl/N-ethyl adjacent to an activating group) is 1. The summed E-state index contributed by atoms with van der Waals surface area (Å²) in [6, 6.07) is 5.68. The first-order chi connectivity index (χ1) is 9.24. The summed E-state index contributed by atoms with van der Waals surface area (Å²) in [5.74, 6) is 2.59. The van der Waals surface area contributed by atoms with Crippen molar-refractivity contribution < 1.29 is 9.53 Å². The number of amides is 1. The second-order valence-corrected chi connectivity index (χ2v) is 5.74. The van der Waals surface area contributed by atoms with Gasteiger partial charge in [0.05, 0.1) is 18.3 Å². The van der Waals surface area contributed by atoms with E-state index >= 15 is 0 Å². The van der Waals surface area contributed by atoms with E-state index in [0.29, 0.717) is 6.61 Å². The Kier molecular flexibility index (Phi) is 3.52. The minimum absolute atomic E-state index is 0.0318. The predicted molar refractivity (Wildman–Crippen MR) is 78.1 cm³/mol. The molecule has 0 saturated carbocycles. The quantitative estimate of drug-likeness (QED) is 0.849. The summed E-state index contributed by atoms with van der Waals surface area (Å²) < 4.78 is 5.58. The molecule has 5 nitrogen and oxygen atoms in total. The summed E-state index contributed by atoms with van der Waals surface area (Å²) in [7, 11) is 2.03. The van der Waals surface area contributed by atoms with Gasteiger partial charge < -0.3 is 15.0 Å². The van der Waals surface area contributed by atoms with Crippen LogP contribution in [0.2, 0.25) is 0 Å². The van der Waals surface area contributed by atoms with E-state index in [1.54, 1.807) is 11.8 Å². The molecule has 0 aromatic heterocycles. The molecule has 2 N–H and O–H groups in total. The van der Waals surface area contributed by atoms with Crippen molar-refractivity contribution in [2.75, 3.05) is 42.0 Å². The fraction of sp³-hybridized carbons (Fsp3) is 0.462. The van der Waals surface area contributed by atoms with E-state index in [9.17, 15) is 4.79 Å². The van der Waals surface area contributed by atoms with Crippen molar-refractivity contribution in [1.29, 1.82) is 0 Å². The van der Waals surface area contributed by atoms with E-state index in [1.165, 1.54) is 0 Å². The number of carbonyl (C=O) groups excluding carboxylic acids is 1. The van der Waals surface area contributed by atoms with Crippen molar-refractivity contribution in [3.63, 3.8) is 0 Å². The van der Waals surface area contributed by atoms with Crippen LogP contribution in [0.1, 0.15) is 0 Å². The molecule has 2 aliphatic rings. The average Bonchev–Trinajstić information content (AvgIpc) is 2.94. The summed E-state index contributed by atoms with van der Waals surface area (Å²) in [6.45, 7) is 1.57. The Morgan fingerprint density at radius 2 is 2.47 bits per heavy atom. The number of anilines is 2. The van der Waals surface area contributed by atoms with Crippen LogP contribution in [0.5, 0.6) is 5.75 Å². The van der Waals surface area contributed by atoms with Crippen LogP contribution >= 0.6 is 11.8 Å². The lowest BCUT2D eigenvalue weighted by Gasteiger charge is -2.28. The molecule has 19 heavy (non-hydrogen) atoms. The van der Waals surface area contributed by atoms with Gasteiger partial charge in [-0.15, -0.1) is 11.8 Å². The third-order valence-corrected chi connectivity index (χ3v) is 4.29. The van der Waals surface area contributed by atoms with E-state index in [0.717, 1.165) is 35.3 Å². The first-order valence-electron chi connectivity index (χ1n) is 6.34. The van der Waals surface area contributed by atoms with Gasteiger partial charge in [-0.1, -0.05) is 0 Å². The second kappa shape index (κ2) is 5.30. The van der Waals surface area contributed by atoms with E-state index in [1.807, 2.05) is 25.2 Å². The van der Waals surface area contributed by atoms with Gasteiger partial charge in [-0.3, -0.25) is 10.1 Å². The third kappa shape index (κ3) is 2.64. The topological polar surface area (TPSA) is 53.6 Å². The van der Waals surface area contributed by atoms with Crippen LogP contribution in [-0.2, 0) is 4.79 Å². The molecule has 102 valence electrons. The van der Waals surface area contributed by atoms with E-state index in [2.05, 4.69) is 15.5 Å². The highest BCUT2D eigenvalue weighted by atomic mass is 32.2. The number of hydrogen-bond acceptors (Lipinski definition) is 5. The lowest BCUT2D eigenvalue weighted by molar-refractivity contribution is -0.117. The Bertz CT molecular complexity index is 489. The highest BCUT2D eigenvalue weighted by molar-refractivity contribution is 7.99. The van der Waals surface area contributed by atoms with Crippen molar-refractivity contribution >= 4 is 29.0 Å². The van der Waals surface area contributed by atoms with E-state index < -0.39 is 0 Å². The van der Waals surface area contributed by atoms with E-state index in [4.69, 9.17) is 4.74 Å². The minimum atomic E-state index is -0.0880. The fourth-order valence-electron chi connectivity index (χ4n) is 2.22. The first-order valence-corrected chi connectivity index (χ1v) is 7.49. The summed E-state index contributed by atoms with van der Waals surface area (Å²) in [5.41, 5.74) is 1.85. The molecule has 3 rings (SSSR count). The Morgan fingerprint density at radius 1 is 1.58 bits per heavy atom. The number of benzene rings is 1. The molecule has 0 aliphatic carbocycles. The number of fused-ring (bicyclic) bond motifs is 1. The van der Waals surface area contributed by atoms with Crippen LogP contribution in [0.3, 0.4) is 0 Å². The minimum Gasteiger partial charge on any atom is -0.490 e. The summed E-state index contributed by atoms with van der Waals surface area (Å²) >= 11 is 1.74. The highest BCUT2D eigenvalue weighted by Gasteiger charge is 2.23. The van der Waals surface area contributed by atoms with Crippen molar-refractivity contribution in [2.24, 2.45) is 0 Å². The van der Waals surface area contributed by atoms with Gasteiger partial charge in [0.25, 0.3) is 0 Å². The lowest BCUT2D eigenvalue weighted by atomic mass is 10.2. The van der Waals surface area contributed by atoms with Gasteiger partial charge in [-0.05, 0) is 18.2 Å². The molecular weight excluding hydrogens is 262 g/mol. The van der Waals surface area contributed by atoms with Gasteiger partial charge in [-0.25, -0.2) is 0 Å². The molecule has 1 aromatic carbocycles. The number of nitrogens with zero attached hydrogens (tertiary/aromatic N) is 1. The predicted octanol–water partition coefficient (Wildman–Crippen LogP) is 1.12. The number of nitrogens with one attached hydrogen (secondary N) is 2. The molecule has 1 aromatic rings. The normalized spacial score (nSPS) is 21.7. The summed E-state index contributed by atoms with van der Waals surface area (Å²) in [5, 5.41) is 6.12. The van der Waals surface area contributed by atoms with Crippen LogP contribution in [0, 0.1) is 0 Å². The maximum atomic E-state index is 12.0. The molecule has 1 atom stereocenters. The Hall–Kier alpha value is -1.40. The largest absolute Gasteiger partial charge is 0.490 e. The number of ether oxygens (including phenoxy) is 1. The number of rotatable bonds is 2. The van der Waals surface area contributed by atoms with Crippen molar-refractivity contribution in [1.82, 2.24) is 5.32 Å². The molecular formula is C13H17N3O2S. The zero-order chi connectivity index (χ0) is 13.2. The zero-order valence-corrected chi connectivity index (χ0v) is 11.6. The zero-order valence-electron chi connectivity index (χ0n) is 10.8. The molecule has 1 amide bonds. The third-order valence-electron chi connectivity index (χ3n) is 3.35. The van der Waals surface area contributed by atoms with Gasteiger partial charge in [0.1, 0.15) is 12.4 Å². The maximum Gasteiger partial charge on any atom is 0.242 e. The lowest BCUT2D eigenvalue weighted by Crippen LogP contribution is -2.37. The average molecular weight is 279 g/mol. The van der Waals surface area contributed by atoms with Crippen LogP contribution in [0.15, 0.2) is 18.2 Å². The molecule has 1 fully saturated rings. The SMILES string of the molecule is CN1CCOc2ccc(NC(=O)C3CSCN3)cc21. The Morgan fingerprint density at radius 3 is 3.26 bits per heavy atom. The van der Waals surface area contributed by atoms with Crippen LogP contribution in [-0.4, -0.2) is 43.8 Å². The Balaban J connectivity index is 1.74. The number of carbonyl (C=O) groups is 1. The van der Waals surface area contributed by atoms with Crippen molar-refractivity contribution in [2.45, 2.75) is 6.04 Å². The smallest absolute Gasteiger partial charge is 0.242 e. The van der Waals surface area contributed by atoms with Crippen molar-refractivity contribution in [3.8, 4) is 5.75 Å². The second-order valence-electron chi connectivity index (χ2n) is 4.71. The first kappa shape index (κ1) is 12.6. The standard InChI is InChI=1S/C13H17N3O2S/c1-16-4-5-18-12-3-2-9(6-11(12)16)15-13(17)10-7-19-8-14-10/h2-3,6,10,14H,4-5,7-8H2,1H3,(H,15,17). The van der Waals surface area contributed by atoms with Gasteiger partial charge in [0.2, 0.25) is 5.91 Å². The maximum absolute atomic E-state index is 12.0. The van der Waals surface area contributed by atoms with Gasteiger partial charge in [0, 0.05) is 24.4 Å². The monoisotopic (exact) mass is 279 g/mol. The molecule has 1 saturated heterocycles.